The zero-order valence-electron chi connectivity index (χ0n) is 17.4. The lowest BCUT2D eigenvalue weighted by Crippen LogP contribution is -2.47. The molecule has 3 amide bonds. The molecule has 1 saturated heterocycles. The molecule has 158 valence electrons. The Morgan fingerprint density at radius 3 is 2.53 bits per heavy atom. The third-order valence-electron chi connectivity index (χ3n) is 5.27. The number of carbonyl (C=O) groups excluding carboxylic acids is 3. The zero-order chi connectivity index (χ0) is 21.7. The minimum absolute atomic E-state index is 0.00128. The van der Waals surface area contributed by atoms with E-state index < -0.39 is 0 Å². The summed E-state index contributed by atoms with van der Waals surface area (Å²) in [6.45, 7) is 8.20. The molecule has 30 heavy (non-hydrogen) atoms. The van der Waals surface area contributed by atoms with E-state index in [0.29, 0.717) is 48.7 Å². The van der Waals surface area contributed by atoms with Gasteiger partial charge in [-0.25, -0.2) is 0 Å². The third-order valence-corrected chi connectivity index (χ3v) is 5.27. The third kappa shape index (κ3) is 5.17. The van der Waals surface area contributed by atoms with Gasteiger partial charge in [0.25, 0.3) is 5.91 Å². The van der Waals surface area contributed by atoms with Gasteiger partial charge in [0.15, 0.2) is 0 Å². The van der Waals surface area contributed by atoms with Crippen LogP contribution in [0.3, 0.4) is 0 Å². The predicted molar refractivity (Wildman–Crippen MR) is 114 cm³/mol. The summed E-state index contributed by atoms with van der Waals surface area (Å²) in [5.74, 6) is 0.874. The minimum atomic E-state index is -0.311. The monoisotopic (exact) mass is 409 g/mol. The molecular formula is C23H27N3O4. The molecule has 0 bridgehead atoms. The number of hydrogen-bond acceptors (Lipinski definition) is 4. The second-order valence-corrected chi connectivity index (χ2v) is 7.48. The quantitative estimate of drug-likeness (QED) is 0.718. The standard InChI is InChI=1S/C23H27N3O4/c1-4-21(27)25-20-8-6-5-7-17(20)14-22(28)26-11-9-18(10-12-26)24-23(29)19-13-15(2)30-16(19)3/h4-8,13,18H,1,9-12,14H2,2-3H3,(H,24,29)(H,25,27). The summed E-state index contributed by atoms with van der Waals surface area (Å²) in [4.78, 5) is 38.6. The Morgan fingerprint density at radius 2 is 1.90 bits per heavy atom. The second kappa shape index (κ2) is 9.43. The first kappa shape index (κ1) is 21.4. The van der Waals surface area contributed by atoms with Crippen molar-refractivity contribution in [3.8, 4) is 0 Å². The summed E-state index contributed by atoms with van der Waals surface area (Å²) in [6.07, 6.45) is 2.80. The highest BCUT2D eigenvalue weighted by Gasteiger charge is 2.25. The SMILES string of the molecule is C=CC(=O)Nc1ccccc1CC(=O)N1CCC(NC(=O)c2cc(C)oc2C)CC1. The molecule has 0 atom stereocenters. The van der Waals surface area contributed by atoms with Gasteiger partial charge in [-0.05, 0) is 50.5 Å². The Hall–Kier alpha value is -3.35. The van der Waals surface area contributed by atoms with Crippen LogP contribution in [0.5, 0.6) is 0 Å². The minimum Gasteiger partial charge on any atom is -0.466 e. The molecule has 7 heteroatoms. The van der Waals surface area contributed by atoms with Crippen LogP contribution in [0.4, 0.5) is 5.69 Å². The number of para-hydroxylation sites is 1. The number of carbonyl (C=O) groups is 3. The second-order valence-electron chi connectivity index (χ2n) is 7.48. The lowest BCUT2D eigenvalue weighted by molar-refractivity contribution is -0.131. The molecule has 2 aromatic rings. The molecule has 0 aliphatic carbocycles. The van der Waals surface area contributed by atoms with E-state index in [1.165, 1.54) is 6.08 Å². The number of benzene rings is 1. The molecule has 1 aliphatic rings. The van der Waals surface area contributed by atoms with Crippen LogP contribution in [0.1, 0.15) is 40.3 Å². The summed E-state index contributed by atoms with van der Waals surface area (Å²) in [7, 11) is 0. The lowest BCUT2D eigenvalue weighted by atomic mass is 10.0. The maximum atomic E-state index is 12.8. The molecule has 3 rings (SSSR count). The van der Waals surface area contributed by atoms with E-state index in [-0.39, 0.29) is 30.2 Å². The number of piperidine rings is 1. The number of anilines is 1. The van der Waals surface area contributed by atoms with Crippen molar-refractivity contribution in [2.75, 3.05) is 18.4 Å². The molecular weight excluding hydrogens is 382 g/mol. The van der Waals surface area contributed by atoms with Gasteiger partial charge < -0.3 is 20.0 Å². The van der Waals surface area contributed by atoms with Crippen molar-refractivity contribution in [1.82, 2.24) is 10.2 Å². The van der Waals surface area contributed by atoms with E-state index in [1.807, 2.05) is 30.0 Å². The number of likely N-dealkylation sites (tertiary alicyclic amines) is 1. The maximum Gasteiger partial charge on any atom is 0.255 e. The first-order valence-electron chi connectivity index (χ1n) is 10.0. The highest BCUT2D eigenvalue weighted by Crippen LogP contribution is 2.19. The number of nitrogens with one attached hydrogen (secondary N) is 2. The lowest BCUT2D eigenvalue weighted by Gasteiger charge is -2.32. The van der Waals surface area contributed by atoms with Crippen molar-refractivity contribution >= 4 is 23.4 Å². The predicted octanol–water partition coefficient (Wildman–Crippen LogP) is 2.98. The van der Waals surface area contributed by atoms with Crippen molar-refractivity contribution in [3.63, 3.8) is 0 Å². The average molecular weight is 409 g/mol. The fraction of sp³-hybridized carbons (Fsp3) is 0.348. The van der Waals surface area contributed by atoms with Crippen molar-refractivity contribution in [3.05, 3.63) is 65.6 Å². The first-order valence-corrected chi connectivity index (χ1v) is 10.0. The number of nitrogens with zero attached hydrogens (tertiary/aromatic N) is 1. The fourth-order valence-electron chi connectivity index (χ4n) is 3.65. The summed E-state index contributed by atoms with van der Waals surface area (Å²) in [5, 5.41) is 5.78. The van der Waals surface area contributed by atoms with E-state index in [0.717, 1.165) is 5.56 Å². The van der Waals surface area contributed by atoms with Crippen molar-refractivity contribution in [1.29, 1.82) is 0 Å². The van der Waals surface area contributed by atoms with Crippen LogP contribution < -0.4 is 10.6 Å². The van der Waals surface area contributed by atoms with Crippen molar-refractivity contribution in [2.45, 2.75) is 39.2 Å². The number of amides is 3. The number of furan rings is 1. The van der Waals surface area contributed by atoms with Gasteiger partial charge in [-0.15, -0.1) is 0 Å². The highest BCUT2D eigenvalue weighted by atomic mass is 16.3. The molecule has 2 heterocycles. The Balaban J connectivity index is 1.53. The number of aryl methyl sites for hydroxylation is 2. The zero-order valence-corrected chi connectivity index (χ0v) is 17.4. The van der Waals surface area contributed by atoms with E-state index in [1.54, 1.807) is 19.1 Å². The van der Waals surface area contributed by atoms with Gasteiger partial charge >= 0.3 is 0 Å². The molecule has 0 unspecified atom stereocenters. The number of hydrogen-bond donors (Lipinski definition) is 2. The van der Waals surface area contributed by atoms with Gasteiger partial charge in [-0.2, -0.15) is 0 Å². The van der Waals surface area contributed by atoms with Gasteiger partial charge in [0.05, 0.1) is 12.0 Å². The van der Waals surface area contributed by atoms with Gasteiger partial charge in [-0.1, -0.05) is 24.8 Å². The summed E-state index contributed by atoms with van der Waals surface area (Å²) in [6, 6.07) is 9.02. The van der Waals surface area contributed by atoms with Crippen LogP contribution in [-0.2, 0) is 16.0 Å². The first-order chi connectivity index (χ1) is 14.4. The summed E-state index contributed by atoms with van der Waals surface area (Å²) < 4.78 is 5.43. The Labute approximate surface area is 176 Å². The fourth-order valence-corrected chi connectivity index (χ4v) is 3.65. The maximum absolute atomic E-state index is 12.8. The normalized spacial score (nSPS) is 14.3. The van der Waals surface area contributed by atoms with Crippen molar-refractivity contribution < 1.29 is 18.8 Å². The smallest absolute Gasteiger partial charge is 0.255 e. The van der Waals surface area contributed by atoms with Gasteiger partial charge in [-0.3, -0.25) is 14.4 Å². The molecule has 0 radical (unpaired) electrons. The largest absolute Gasteiger partial charge is 0.466 e. The Bertz CT molecular complexity index is 955. The molecule has 7 nitrogen and oxygen atoms in total. The molecule has 0 saturated carbocycles. The van der Waals surface area contributed by atoms with E-state index in [2.05, 4.69) is 17.2 Å². The van der Waals surface area contributed by atoms with Crippen LogP contribution >= 0.6 is 0 Å². The average Bonchev–Trinajstić information content (AvgIpc) is 3.08. The number of rotatable bonds is 6. The van der Waals surface area contributed by atoms with Crippen LogP contribution in [-0.4, -0.2) is 41.8 Å². The van der Waals surface area contributed by atoms with Crippen LogP contribution in [0.15, 0.2) is 47.4 Å². The van der Waals surface area contributed by atoms with E-state index in [4.69, 9.17) is 4.42 Å². The molecule has 0 spiro atoms. The van der Waals surface area contributed by atoms with Crippen LogP contribution in [0.2, 0.25) is 0 Å². The van der Waals surface area contributed by atoms with Crippen molar-refractivity contribution in [2.24, 2.45) is 0 Å². The molecule has 1 aromatic heterocycles. The molecule has 1 aromatic carbocycles. The summed E-state index contributed by atoms with van der Waals surface area (Å²) >= 11 is 0. The highest BCUT2D eigenvalue weighted by molar-refractivity contribution is 6.00. The van der Waals surface area contributed by atoms with Gasteiger partial charge in [0.1, 0.15) is 11.5 Å². The van der Waals surface area contributed by atoms with E-state index in [9.17, 15) is 14.4 Å². The van der Waals surface area contributed by atoms with Gasteiger partial charge in [0, 0.05) is 24.8 Å². The van der Waals surface area contributed by atoms with Crippen LogP contribution in [0, 0.1) is 13.8 Å². The topological polar surface area (TPSA) is 91.7 Å². The van der Waals surface area contributed by atoms with E-state index >= 15 is 0 Å². The van der Waals surface area contributed by atoms with Gasteiger partial charge in [0.2, 0.25) is 11.8 Å². The Kier molecular flexibility index (Phi) is 6.72. The molecule has 1 aliphatic heterocycles. The molecule has 2 N–H and O–H groups in total. The Morgan fingerprint density at radius 1 is 1.20 bits per heavy atom. The molecule has 1 fully saturated rings. The summed E-state index contributed by atoms with van der Waals surface area (Å²) in [5.41, 5.74) is 1.94. The van der Waals surface area contributed by atoms with Crippen LogP contribution in [0.25, 0.3) is 0 Å².